The number of nitrogens with one attached hydrogen (secondary N) is 1. The van der Waals surface area contributed by atoms with Gasteiger partial charge in [0.1, 0.15) is 5.75 Å². The number of phenols is 1. The molecular weight excluding hydrogens is 236 g/mol. The third kappa shape index (κ3) is 4.43. The maximum absolute atomic E-state index is 10.2. The van der Waals surface area contributed by atoms with Crippen molar-refractivity contribution in [2.45, 2.75) is 46.6 Å². The lowest BCUT2D eigenvalue weighted by Gasteiger charge is -2.24. The predicted molar refractivity (Wildman–Crippen MR) is 83.0 cm³/mol. The van der Waals surface area contributed by atoms with Gasteiger partial charge in [-0.2, -0.15) is 0 Å². The molecule has 19 heavy (non-hydrogen) atoms. The Morgan fingerprint density at radius 2 is 2.00 bits per heavy atom. The van der Waals surface area contributed by atoms with Crippen LogP contribution in [0.4, 0.5) is 5.69 Å². The van der Waals surface area contributed by atoms with Crippen LogP contribution >= 0.6 is 0 Å². The number of hydrogen-bond donors (Lipinski definition) is 2. The van der Waals surface area contributed by atoms with E-state index >= 15 is 0 Å². The van der Waals surface area contributed by atoms with Crippen LogP contribution in [0, 0.1) is 0 Å². The van der Waals surface area contributed by atoms with Crippen LogP contribution in [0.15, 0.2) is 18.2 Å². The first-order valence-electron chi connectivity index (χ1n) is 7.45. The van der Waals surface area contributed by atoms with Crippen molar-refractivity contribution in [3.8, 4) is 5.75 Å². The van der Waals surface area contributed by atoms with Gasteiger partial charge >= 0.3 is 0 Å². The van der Waals surface area contributed by atoms with Gasteiger partial charge in [-0.25, -0.2) is 0 Å². The van der Waals surface area contributed by atoms with Crippen LogP contribution in [0.3, 0.4) is 0 Å². The van der Waals surface area contributed by atoms with Crippen molar-refractivity contribution >= 4 is 5.69 Å². The van der Waals surface area contributed by atoms with Crippen molar-refractivity contribution in [2.24, 2.45) is 0 Å². The van der Waals surface area contributed by atoms with Crippen LogP contribution in [0.25, 0.3) is 0 Å². The van der Waals surface area contributed by atoms with Crippen LogP contribution in [-0.4, -0.2) is 24.7 Å². The molecule has 0 spiro atoms. The molecule has 2 N–H and O–H groups in total. The molecule has 1 atom stereocenters. The van der Waals surface area contributed by atoms with E-state index in [2.05, 4.69) is 44.0 Å². The summed E-state index contributed by atoms with van der Waals surface area (Å²) in [5.41, 5.74) is 2.08. The summed E-state index contributed by atoms with van der Waals surface area (Å²) < 4.78 is 0. The summed E-state index contributed by atoms with van der Waals surface area (Å²) in [4.78, 5) is 2.31. The number of aromatic hydroxyl groups is 1. The Bertz CT molecular complexity index is 379. The average molecular weight is 264 g/mol. The molecule has 0 fully saturated rings. The van der Waals surface area contributed by atoms with E-state index in [-0.39, 0.29) is 6.04 Å². The number of anilines is 1. The quantitative estimate of drug-likeness (QED) is 0.751. The van der Waals surface area contributed by atoms with Crippen LogP contribution in [0.2, 0.25) is 0 Å². The van der Waals surface area contributed by atoms with Crippen molar-refractivity contribution in [3.63, 3.8) is 0 Å². The summed E-state index contributed by atoms with van der Waals surface area (Å²) in [5.74, 6) is 0.390. The van der Waals surface area contributed by atoms with Crippen LogP contribution in [-0.2, 0) is 0 Å². The highest BCUT2D eigenvalue weighted by atomic mass is 16.3. The zero-order valence-corrected chi connectivity index (χ0v) is 12.7. The van der Waals surface area contributed by atoms with Gasteiger partial charge in [-0.3, -0.25) is 0 Å². The zero-order chi connectivity index (χ0) is 14.3. The Hall–Kier alpha value is -1.22. The Kier molecular flexibility index (Phi) is 6.71. The molecule has 1 unspecified atom stereocenters. The molecule has 1 aromatic rings. The molecule has 108 valence electrons. The van der Waals surface area contributed by atoms with E-state index in [0.29, 0.717) is 5.75 Å². The van der Waals surface area contributed by atoms with E-state index in [4.69, 9.17) is 0 Å². The molecule has 1 aromatic carbocycles. The predicted octanol–water partition coefficient (Wildman–Crippen LogP) is 3.69. The first-order valence-corrected chi connectivity index (χ1v) is 7.45. The van der Waals surface area contributed by atoms with E-state index in [0.717, 1.165) is 30.9 Å². The van der Waals surface area contributed by atoms with Gasteiger partial charge in [-0.05, 0) is 32.9 Å². The van der Waals surface area contributed by atoms with Gasteiger partial charge in [0.05, 0.1) is 0 Å². The second-order valence-electron chi connectivity index (χ2n) is 4.96. The molecule has 0 aliphatic carbocycles. The summed E-state index contributed by atoms with van der Waals surface area (Å²) in [5, 5.41) is 13.5. The molecule has 0 aliphatic heterocycles. The number of hydrogen-bond acceptors (Lipinski definition) is 3. The van der Waals surface area contributed by atoms with Crippen molar-refractivity contribution in [3.05, 3.63) is 23.8 Å². The zero-order valence-electron chi connectivity index (χ0n) is 12.7. The number of phenolic OH excluding ortho intramolecular Hbond substituents is 1. The maximum atomic E-state index is 10.2. The Morgan fingerprint density at radius 1 is 1.26 bits per heavy atom. The molecule has 1 rings (SSSR count). The van der Waals surface area contributed by atoms with E-state index in [1.165, 1.54) is 12.8 Å². The van der Waals surface area contributed by atoms with Gasteiger partial charge in [0, 0.05) is 36.4 Å². The topological polar surface area (TPSA) is 35.5 Å². The van der Waals surface area contributed by atoms with Crippen molar-refractivity contribution < 1.29 is 5.11 Å². The van der Waals surface area contributed by atoms with Gasteiger partial charge in [0.2, 0.25) is 0 Å². The first-order chi connectivity index (χ1) is 9.13. The van der Waals surface area contributed by atoms with E-state index in [1.807, 2.05) is 12.1 Å². The van der Waals surface area contributed by atoms with Crippen molar-refractivity contribution in [1.82, 2.24) is 5.32 Å². The molecule has 0 radical (unpaired) electrons. The number of benzene rings is 1. The largest absolute Gasteiger partial charge is 0.508 e. The Morgan fingerprint density at radius 3 is 2.53 bits per heavy atom. The number of nitrogens with zero attached hydrogens (tertiary/aromatic N) is 1. The lowest BCUT2D eigenvalue weighted by molar-refractivity contribution is 0.454. The molecule has 0 aromatic heterocycles. The molecule has 0 saturated heterocycles. The lowest BCUT2D eigenvalue weighted by atomic mass is 10.1. The van der Waals surface area contributed by atoms with Gasteiger partial charge in [-0.1, -0.05) is 26.3 Å². The lowest BCUT2D eigenvalue weighted by Crippen LogP contribution is -2.24. The summed E-state index contributed by atoms with van der Waals surface area (Å²) in [6, 6.07) is 6.22. The average Bonchev–Trinajstić information content (AvgIpc) is 2.40. The van der Waals surface area contributed by atoms with Gasteiger partial charge < -0.3 is 15.3 Å². The highest BCUT2D eigenvalue weighted by molar-refractivity contribution is 5.54. The maximum Gasteiger partial charge on any atom is 0.122 e. The number of rotatable bonds is 8. The monoisotopic (exact) mass is 264 g/mol. The molecule has 0 bridgehead atoms. The molecule has 0 amide bonds. The van der Waals surface area contributed by atoms with Crippen LogP contribution in [0.1, 0.15) is 52.1 Å². The second-order valence-corrected chi connectivity index (χ2v) is 4.96. The molecule has 0 saturated carbocycles. The minimum absolute atomic E-state index is 0.185. The van der Waals surface area contributed by atoms with E-state index in [1.54, 1.807) is 0 Å². The fourth-order valence-electron chi connectivity index (χ4n) is 2.33. The summed E-state index contributed by atoms with van der Waals surface area (Å²) in [7, 11) is 0. The fourth-order valence-corrected chi connectivity index (χ4v) is 2.33. The van der Waals surface area contributed by atoms with E-state index in [9.17, 15) is 5.11 Å². The standard InChI is InChI=1S/C16H28N2O/c1-5-8-11-18(7-3)14-9-10-15(16(19)12-14)13(4)17-6-2/h9-10,12-13,17,19H,5-8,11H2,1-4H3. The van der Waals surface area contributed by atoms with Gasteiger partial charge in [0.25, 0.3) is 0 Å². The van der Waals surface area contributed by atoms with Gasteiger partial charge in [-0.15, -0.1) is 0 Å². The third-order valence-electron chi connectivity index (χ3n) is 3.52. The highest BCUT2D eigenvalue weighted by Gasteiger charge is 2.11. The first kappa shape index (κ1) is 15.8. The minimum atomic E-state index is 0.185. The summed E-state index contributed by atoms with van der Waals surface area (Å²) in [6.45, 7) is 11.4. The summed E-state index contributed by atoms with van der Waals surface area (Å²) in [6.07, 6.45) is 2.38. The molecule has 0 aliphatic rings. The van der Waals surface area contributed by atoms with E-state index < -0.39 is 0 Å². The smallest absolute Gasteiger partial charge is 0.122 e. The second kappa shape index (κ2) is 8.05. The summed E-state index contributed by atoms with van der Waals surface area (Å²) >= 11 is 0. The Labute approximate surface area is 117 Å². The van der Waals surface area contributed by atoms with Crippen molar-refractivity contribution in [2.75, 3.05) is 24.5 Å². The number of unbranched alkanes of at least 4 members (excludes halogenated alkanes) is 1. The van der Waals surface area contributed by atoms with Gasteiger partial charge in [0.15, 0.2) is 0 Å². The molecule has 3 nitrogen and oxygen atoms in total. The highest BCUT2D eigenvalue weighted by Crippen LogP contribution is 2.29. The molecule has 3 heteroatoms. The molecule has 0 heterocycles. The van der Waals surface area contributed by atoms with Crippen molar-refractivity contribution in [1.29, 1.82) is 0 Å². The van der Waals surface area contributed by atoms with Crippen LogP contribution in [0.5, 0.6) is 5.75 Å². The Balaban J connectivity index is 2.85. The normalized spacial score (nSPS) is 12.4. The SMILES string of the molecule is CCCCN(CC)c1ccc(C(C)NCC)c(O)c1. The fraction of sp³-hybridized carbons (Fsp3) is 0.625. The van der Waals surface area contributed by atoms with Crippen LogP contribution < -0.4 is 10.2 Å². The third-order valence-corrected chi connectivity index (χ3v) is 3.52. The minimum Gasteiger partial charge on any atom is -0.508 e. The molecular formula is C16H28N2O.